The average Bonchev–Trinajstić information content (AvgIpc) is 2.13. The number of rotatable bonds is 6. The van der Waals surface area contributed by atoms with Gasteiger partial charge in [-0.1, -0.05) is 13.8 Å². The first-order chi connectivity index (χ1) is 6.81. The van der Waals surface area contributed by atoms with E-state index >= 15 is 0 Å². The van der Waals surface area contributed by atoms with Gasteiger partial charge in [0.15, 0.2) is 0 Å². The van der Waals surface area contributed by atoms with Crippen LogP contribution in [0.2, 0.25) is 0 Å². The molecule has 6 heteroatoms. The first-order valence-electron chi connectivity index (χ1n) is 5.03. The van der Waals surface area contributed by atoms with Gasteiger partial charge in [-0.15, -0.1) is 0 Å². The highest BCUT2D eigenvalue weighted by Crippen LogP contribution is 2.45. The molecule has 0 aromatic heterocycles. The first-order valence-corrected chi connectivity index (χ1v) is 6.83. The fraction of sp³-hybridized carbons (Fsp3) is 0.889. The smallest absolute Gasteiger partial charge is 0.326 e. The third-order valence-electron chi connectivity index (χ3n) is 2.57. The molecule has 0 heterocycles. The van der Waals surface area contributed by atoms with E-state index in [0.29, 0.717) is 12.8 Å². The Morgan fingerprint density at radius 2 is 1.73 bits per heavy atom. The van der Waals surface area contributed by atoms with E-state index in [9.17, 15) is 9.36 Å². The standard InChI is InChI=1S/C9H19O5P/c1-4-9(5-2,7-15(11,12)13)8(10)14-6-3/h4-7H2,1-3H3,(H2,11,12,13). The molecule has 0 radical (unpaired) electrons. The van der Waals surface area contributed by atoms with E-state index in [4.69, 9.17) is 14.5 Å². The molecule has 15 heavy (non-hydrogen) atoms. The summed E-state index contributed by atoms with van der Waals surface area (Å²) in [6, 6.07) is 0. The lowest BCUT2D eigenvalue weighted by atomic mass is 9.84. The minimum Gasteiger partial charge on any atom is -0.466 e. The van der Waals surface area contributed by atoms with Gasteiger partial charge in [0.05, 0.1) is 18.2 Å². The number of hydrogen-bond donors (Lipinski definition) is 2. The fourth-order valence-corrected chi connectivity index (χ4v) is 2.87. The molecule has 0 aromatic carbocycles. The fourth-order valence-electron chi connectivity index (χ4n) is 1.51. The highest BCUT2D eigenvalue weighted by Gasteiger charge is 2.41. The number of hydrogen-bond acceptors (Lipinski definition) is 3. The van der Waals surface area contributed by atoms with E-state index in [-0.39, 0.29) is 6.61 Å². The third kappa shape index (κ3) is 4.33. The molecule has 0 unspecified atom stereocenters. The first kappa shape index (κ1) is 14.6. The molecule has 2 N–H and O–H groups in total. The Hall–Kier alpha value is -0.380. The lowest BCUT2D eigenvalue weighted by molar-refractivity contribution is -0.154. The van der Waals surface area contributed by atoms with Gasteiger partial charge in [-0.3, -0.25) is 9.36 Å². The van der Waals surface area contributed by atoms with Crippen molar-refractivity contribution < 1.29 is 23.9 Å². The second-order valence-electron chi connectivity index (χ2n) is 3.53. The van der Waals surface area contributed by atoms with E-state index < -0.39 is 25.1 Å². The summed E-state index contributed by atoms with van der Waals surface area (Å²) in [6.45, 7) is 5.36. The Bertz CT molecular complexity index is 253. The normalized spacial score (nSPS) is 12.6. The van der Waals surface area contributed by atoms with Crippen molar-refractivity contribution in [3.63, 3.8) is 0 Å². The largest absolute Gasteiger partial charge is 0.466 e. The number of carbonyl (C=O) groups is 1. The predicted molar refractivity (Wildman–Crippen MR) is 56.6 cm³/mol. The molecule has 0 amide bonds. The van der Waals surface area contributed by atoms with Gasteiger partial charge >= 0.3 is 13.6 Å². The molecule has 90 valence electrons. The van der Waals surface area contributed by atoms with Crippen molar-refractivity contribution >= 4 is 13.6 Å². The van der Waals surface area contributed by atoms with E-state index in [1.54, 1.807) is 20.8 Å². The van der Waals surface area contributed by atoms with Crippen LogP contribution in [-0.2, 0) is 14.1 Å². The second-order valence-corrected chi connectivity index (χ2v) is 5.18. The zero-order valence-corrected chi connectivity index (χ0v) is 10.3. The quantitative estimate of drug-likeness (QED) is 0.541. The van der Waals surface area contributed by atoms with Crippen molar-refractivity contribution in [1.82, 2.24) is 0 Å². The summed E-state index contributed by atoms with van der Waals surface area (Å²) in [6.07, 6.45) is 0.298. The highest BCUT2D eigenvalue weighted by molar-refractivity contribution is 7.51. The van der Waals surface area contributed by atoms with Gasteiger partial charge in [0.2, 0.25) is 0 Å². The van der Waals surface area contributed by atoms with Crippen molar-refractivity contribution in [2.24, 2.45) is 5.41 Å². The average molecular weight is 238 g/mol. The lowest BCUT2D eigenvalue weighted by Crippen LogP contribution is -2.35. The maximum absolute atomic E-state index is 11.6. The topological polar surface area (TPSA) is 83.8 Å². The Morgan fingerprint density at radius 1 is 1.27 bits per heavy atom. The molecular formula is C9H19O5P. The van der Waals surface area contributed by atoms with Crippen molar-refractivity contribution in [1.29, 1.82) is 0 Å². The molecule has 5 nitrogen and oxygen atoms in total. The number of esters is 1. The second kappa shape index (κ2) is 5.64. The summed E-state index contributed by atoms with van der Waals surface area (Å²) in [4.78, 5) is 29.5. The van der Waals surface area contributed by atoms with Crippen LogP contribution in [-0.4, -0.2) is 28.5 Å². The molecule has 0 saturated carbocycles. The maximum atomic E-state index is 11.6. The summed E-state index contributed by atoms with van der Waals surface area (Å²) >= 11 is 0. The molecule has 0 aliphatic heterocycles. The third-order valence-corrected chi connectivity index (χ3v) is 3.59. The van der Waals surface area contributed by atoms with E-state index in [1.165, 1.54) is 0 Å². The van der Waals surface area contributed by atoms with Crippen molar-refractivity contribution in [2.75, 3.05) is 12.8 Å². The van der Waals surface area contributed by atoms with Gasteiger partial charge in [-0.05, 0) is 19.8 Å². The number of ether oxygens (including phenoxy) is 1. The molecule has 0 spiro atoms. The molecule has 0 atom stereocenters. The van der Waals surface area contributed by atoms with Gasteiger partial charge < -0.3 is 14.5 Å². The molecule has 0 fully saturated rings. The van der Waals surface area contributed by atoms with E-state index in [0.717, 1.165) is 0 Å². The lowest BCUT2D eigenvalue weighted by Gasteiger charge is -2.28. The van der Waals surface area contributed by atoms with Crippen LogP contribution >= 0.6 is 7.60 Å². The Morgan fingerprint density at radius 3 is 2.00 bits per heavy atom. The molecule has 0 aliphatic rings. The SMILES string of the molecule is CCOC(=O)C(CC)(CC)CP(=O)(O)O. The molecular weight excluding hydrogens is 219 g/mol. The highest BCUT2D eigenvalue weighted by atomic mass is 31.2. The van der Waals surface area contributed by atoms with Crippen LogP contribution in [0, 0.1) is 5.41 Å². The van der Waals surface area contributed by atoms with Crippen LogP contribution in [0.25, 0.3) is 0 Å². The Labute approximate surface area is 90.0 Å². The summed E-state index contributed by atoms with van der Waals surface area (Å²) < 4.78 is 15.8. The molecule has 0 aliphatic carbocycles. The van der Waals surface area contributed by atoms with Crippen LogP contribution in [0.3, 0.4) is 0 Å². The van der Waals surface area contributed by atoms with Gasteiger partial charge in [0.25, 0.3) is 0 Å². The van der Waals surface area contributed by atoms with E-state index in [2.05, 4.69) is 0 Å². The van der Waals surface area contributed by atoms with Gasteiger partial charge in [-0.2, -0.15) is 0 Å². The summed E-state index contributed by atoms with van der Waals surface area (Å²) in [5, 5.41) is 0. The minimum absolute atomic E-state index is 0.224. The predicted octanol–water partition coefficient (Wildman–Crippen LogP) is 1.53. The van der Waals surface area contributed by atoms with Crippen LogP contribution in [0.5, 0.6) is 0 Å². The molecule has 0 aromatic rings. The zero-order chi connectivity index (χ0) is 12.1. The van der Waals surface area contributed by atoms with Crippen molar-refractivity contribution in [3.8, 4) is 0 Å². The summed E-state index contributed by atoms with van der Waals surface area (Å²) in [7, 11) is -4.20. The monoisotopic (exact) mass is 238 g/mol. The van der Waals surface area contributed by atoms with Crippen LogP contribution in [0.15, 0.2) is 0 Å². The van der Waals surface area contributed by atoms with Gasteiger partial charge in [0.1, 0.15) is 0 Å². The number of carbonyl (C=O) groups excluding carboxylic acids is 1. The van der Waals surface area contributed by atoms with Crippen LogP contribution in [0.1, 0.15) is 33.6 Å². The Kier molecular flexibility index (Phi) is 5.49. The maximum Gasteiger partial charge on any atom is 0.326 e. The van der Waals surface area contributed by atoms with Gasteiger partial charge in [0, 0.05) is 0 Å². The zero-order valence-electron chi connectivity index (χ0n) is 9.39. The van der Waals surface area contributed by atoms with Crippen molar-refractivity contribution in [3.05, 3.63) is 0 Å². The molecule has 0 saturated heterocycles. The van der Waals surface area contributed by atoms with Crippen LogP contribution < -0.4 is 0 Å². The summed E-state index contributed by atoms with van der Waals surface area (Å²) in [5.41, 5.74) is -1.05. The summed E-state index contributed by atoms with van der Waals surface area (Å²) in [5.74, 6) is -0.515. The molecule has 0 bridgehead atoms. The van der Waals surface area contributed by atoms with Crippen LogP contribution in [0.4, 0.5) is 0 Å². The molecule has 0 rings (SSSR count). The van der Waals surface area contributed by atoms with Gasteiger partial charge in [-0.25, -0.2) is 0 Å². The van der Waals surface area contributed by atoms with E-state index in [1.807, 2.05) is 0 Å². The Balaban J connectivity index is 4.88. The minimum atomic E-state index is -4.20. The van der Waals surface area contributed by atoms with Crippen molar-refractivity contribution in [2.45, 2.75) is 33.6 Å².